The lowest BCUT2D eigenvalue weighted by molar-refractivity contribution is 0.0951. The molecule has 0 aliphatic carbocycles. The van der Waals surface area contributed by atoms with Crippen LogP contribution in [0.25, 0.3) is 5.69 Å². The first-order valence-electron chi connectivity index (χ1n) is 7.94. The minimum Gasteiger partial charge on any atom is -0.497 e. The zero-order chi connectivity index (χ0) is 19.4. The Morgan fingerprint density at radius 2 is 1.78 bits per heavy atom. The first-order valence-corrected chi connectivity index (χ1v) is 8.70. The van der Waals surface area contributed by atoms with Crippen molar-refractivity contribution in [3.05, 3.63) is 86.3 Å². The van der Waals surface area contributed by atoms with Gasteiger partial charge >= 0.3 is 0 Å². The second-order valence-corrected chi connectivity index (χ2v) is 6.39. The minimum absolute atomic E-state index is 0.0902. The summed E-state index contributed by atoms with van der Waals surface area (Å²) in [7, 11) is 1.60. The van der Waals surface area contributed by atoms with Gasteiger partial charge in [-0.3, -0.25) is 9.59 Å². The largest absolute Gasteiger partial charge is 0.497 e. The Morgan fingerprint density at radius 1 is 1.11 bits per heavy atom. The van der Waals surface area contributed by atoms with Gasteiger partial charge in [-0.2, -0.15) is 9.78 Å². The van der Waals surface area contributed by atoms with Crippen LogP contribution < -0.4 is 15.6 Å². The summed E-state index contributed by atoms with van der Waals surface area (Å²) >= 11 is 11.6. The molecule has 27 heavy (non-hydrogen) atoms. The average Bonchev–Trinajstić information content (AvgIpc) is 2.71. The minimum atomic E-state index is -0.527. The van der Waals surface area contributed by atoms with Gasteiger partial charge in [0.05, 0.1) is 24.0 Å². The number of benzene rings is 2. The van der Waals surface area contributed by atoms with E-state index < -0.39 is 5.56 Å². The van der Waals surface area contributed by atoms with Crippen LogP contribution in [0.4, 0.5) is 0 Å². The van der Waals surface area contributed by atoms with E-state index in [4.69, 9.17) is 27.9 Å². The van der Waals surface area contributed by atoms with E-state index in [1.165, 1.54) is 6.20 Å². The second-order valence-electron chi connectivity index (χ2n) is 5.60. The molecule has 0 atom stereocenters. The highest BCUT2D eigenvalue weighted by molar-refractivity contribution is 6.41. The van der Waals surface area contributed by atoms with Crippen molar-refractivity contribution in [3.8, 4) is 11.4 Å². The average molecular weight is 404 g/mol. The number of ether oxygens (including phenoxy) is 1. The standard InChI is InChI=1S/C19H15Cl2N3O3/c1-27-15-8-2-12(3-9-15)10-22-18(25)13-4-6-14(7-5-13)24-19(26)17(21)16(20)11-23-24/h2-9,11H,10H2,1H3,(H,22,25). The molecule has 0 fully saturated rings. The van der Waals surface area contributed by atoms with Crippen LogP contribution >= 0.6 is 23.2 Å². The molecular weight excluding hydrogens is 389 g/mol. The number of carbonyl (C=O) groups is 1. The van der Waals surface area contributed by atoms with Crippen molar-refractivity contribution < 1.29 is 9.53 Å². The molecule has 0 unspecified atom stereocenters. The van der Waals surface area contributed by atoms with Gasteiger partial charge in [0.1, 0.15) is 10.8 Å². The summed E-state index contributed by atoms with van der Waals surface area (Å²) < 4.78 is 6.22. The summed E-state index contributed by atoms with van der Waals surface area (Å²) in [5.41, 5.74) is 1.36. The summed E-state index contributed by atoms with van der Waals surface area (Å²) in [4.78, 5) is 24.4. The van der Waals surface area contributed by atoms with Crippen LogP contribution in [-0.2, 0) is 6.54 Å². The molecule has 1 aromatic heterocycles. The molecule has 1 heterocycles. The van der Waals surface area contributed by atoms with Crippen molar-refractivity contribution in [1.29, 1.82) is 0 Å². The van der Waals surface area contributed by atoms with Gasteiger partial charge in [-0.1, -0.05) is 35.3 Å². The fraction of sp³-hybridized carbons (Fsp3) is 0.105. The van der Waals surface area contributed by atoms with Gasteiger partial charge in [-0.05, 0) is 42.0 Å². The van der Waals surface area contributed by atoms with Crippen molar-refractivity contribution in [2.24, 2.45) is 0 Å². The number of nitrogens with one attached hydrogen (secondary N) is 1. The maximum Gasteiger partial charge on any atom is 0.291 e. The number of rotatable bonds is 5. The fourth-order valence-corrected chi connectivity index (χ4v) is 2.63. The van der Waals surface area contributed by atoms with Crippen LogP contribution in [0, 0.1) is 0 Å². The molecule has 138 valence electrons. The van der Waals surface area contributed by atoms with E-state index >= 15 is 0 Å². The van der Waals surface area contributed by atoms with Gasteiger partial charge in [-0.15, -0.1) is 0 Å². The summed E-state index contributed by atoms with van der Waals surface area (Å²) in [6, 6.07) is 13.9. The van der Waals surface area contributed by atoms with Crippen LogP contribution in [0.2, 0.25) is 10.0 Å². The first-order chi connectivity index (χ1) is 13.0. The van der Waals surface area contributed by atoms with E-state index in [-0.39, 0.29) is 16.0 Å². The summed E-state index contributed by atoms with van der Waals surface area (Å²) in [5, 5.41) is 6.77. The molecule has 3 aromatic rings. The third-order valence-electron chi connectivity index (χ3n) is 3.86. The lowest BCUT2D eigenvalue weighted by Crippen LogP contribution is -2.23. The Labute approximate surface area is 165 Å². The lowest BCUT2D eigenvalue weighted by atomic mass is 10.1. The predicted molar refractivity (Wildman–Crippen MR) is 104 cm³/mol. The number of methoxy groups -OCH3 is 1. The molecule has 1 N–H and O–H groups in total. The summed E-state index contributed by atoms with van der Waals surface area (Å²) in [5.74, 6) is 0.527. The van der Waals surface area contributed by atoms with E-state index in [0.717, 1.165) is 16.0 Å². The van der Waals surface area contributed by atoms with Gasteiger partial charge < -0.3 is 10.1 Å². The first kappa shape index (κ1) is 18.9. The Hall–Kier alpha value is -2.83. The quantitative estimate of drug-likeness (QED) is 0.707. The monoisotopic (exact) mass is 403 g/mol. The molecule has 1 amide bonds. The molecule has 2 aromatic carbocycles. The van der Waals surface area contributed by atoms with E-state index in [2.05, 4.69) is 10.4 Å². The zero-order valence-corrected chi connectivity index (χ0v) is 15.8. The highest BCUT2D eigenvalue weighted by atomic mass is 35.5. The topological polar surface area (TPSA) is 73.2 Å². The Balaban J connectivity index is 1.70. The van der Waals surface area contributed by atoms with E-state index in [0.29, 0.717) is 17.8 Å². The number of amides is 1. The highest BCUT2D eigenvalue weighted by Crippen LogP contribution is 2.16. The summed E-state index contributed by atoms with van der Waals surface area (Å²) in [6.07, 6.45) is 1.29. The Bertz CT molecular complexity index is 1020. The molecular formula is C19H15Cl2N3O3. The zero-order valence-electron chi connectivity index (χ0n) is 14.3. The smallest absolute Gasteiger partial charge is 0.291 e. The number of aromatic nitrogens is 2. The van der Waals surface area contributed by atoms with Gasteiger partial charge in [0.2, 0.25) is 0 Å². The predicted octanol–water partition coefficient (Wildman–Crippen LogP) is 3.48. The van der Waals surface area contributed by atoms with Crippen molar-refractivity contribution in [3.63, 3.8) is 0 Å². The third kappa shape index (κ3) is 4.30. The van der Waals surface area contributed by atoms with E-state index in [9.17, 15) is 9.59 Å². The van der Waals surface area contributed by atoms with Gasteiger partial charge in [0.15, 0.2) is 0 Å². The number of nitrogens with zero attached hydrogens (tertiary/aromatic N) is 2. The van der Waals surface area contributed by atoms with E-state index in [1.807, 2.05) is 24.3 Å². The molecule has 8 heteroatoms. The number of carbonyl (C=O) groups excluding carboxylic acids is 1. The molecule has 0 radical (unpaired) electrons. The third-order valence-corrected chi connectivity index (χ3v) is 4.61. The maximum atomic E-state index is 12.3. The molecule has 0 spiro atoms. The lowest BCUT2D eigenvalue weighted by Gasteiger charge is -2.08. The molecule has 3 rings (SSSR count). The second kappa shape index (κ2) is 8.24. The van der Waals surface area contributed by atoms with Crippen LogP contribution in [0.1, 0.15) is 15.9 Å². The number of halogens is 2. The number of hydrogen-bond acceptors (Lipinski definition) is 4. The van der Waals surface area contributed by atoms with Gasteiger partial charge in [0.25, 0.3) is 11.5 Å². The molecule has 0 saturated carbocycles. The Kier molecular flexibility index (Phi) is 5.78. The molecule has 0 bridgehead atoms. The summed E-state index contributed by atoms with van der Waals surface area (Å²) in [6.45, 7) is 0.387. The maximum absolute atomic E-state index is 12.3. The van der Waals surface area contributed by atoms with Crippen LogP contribution in [0.5, 0.6) is 5.75 Å². The molecule has 0 aliphatic rings. The molecule has 6 nitrogen and oxygen atoms in total. The SMILES string of the molecule is COc1ccc(CNC(=O)c2ccc(-n3ncc(Cl)c(Cl)c3=O)cc2)cc1. The van der Waals surface area contributed by atoms with Crippen molar-refractivity contribution in [2.45, 2.75) is 6.54 Å². The normalized spacial score (nSPS) is 10.5. The molecule has 0 aliphatic heterocycles. The van der Waals surface area contributed by atoms with Crippen molar-refractivity contribution in [1.82, 2.24) is 15.1 Å². The van der Waals surface area contributed by atoms with Crippen LogP contribution in [0.3, 0.4) is 0 Å². The van der Waals surface area contributed by atoms with Crippen LogP contribution in [0.15, 0.2) is 59.5 Å². The number of hydrogen-bond donors (Lipinski definition) is 1. The van der Waals surface area contributed by atoms with Crippen LogP contribution in [-0.4, -0.2) is 22.8 Å². The molecule has 0 saturated heterocycles. The highest BCUT2D eigenvalue weighted by Gasteiger charge is 2.10. The van der Waals surface area contributed by atoms with Gasteiger partial charge in [0, 0.05) is 12.1 Å². The van der Waals surface area contributed by atoms with Gasteiger partial charge in [-0.25, -0.2) is 0 Å². The van der Waals surface area contributed by atoms with Crippen molar-refractivity contribution >= 4 is 29.1 Å². The Morgan fingerprint density at radius 3 is 2.41 bits per heavy atom. The van der Waals surface area contributed by atoms with E-state index in [1.54, 1.807) is 31.4 Å². The van der Waals surface area contributed by atoms with Crippen molar-refractivity contribution in [2.75, 3.05) is 7.11 Å². The fourth-order valence-electron chi connectivity index (χ4n) is 2.38.